The van der Waals surface area contributed by atoms with Crippen LogP contribution in [0.1, 0.15) is 31.2 Å². The second kappa shape index (κ2) is 10.7. The molecule has 0 bridgehead atoms. The Kier molecular flexibility index (Phi) is 7.92. The van der Waals surface area contributed by atoms with Gasteiger partial charge in [0.1, 0.15) is 0 Å². The van der Waals surface area contributed by atoms with E-state index in [0.29, 0.717) is 56.6 Å². The van der Waals surface area contributed by atoms with Crippen LogP contribution in [0.15, 0.2) is 29.2 Å². The van der Waals surface area contributed by atoms with Gasteiger partial charge in [-0.25, -0.2) is 8.42 Å². The molecule has 1 aromatic rings. The SMILES string of the molecule is O=C(CCc1ccc(S(=O)(=O)N2CCOCC2)cc1)N(CC1CCCO1)C1CCSC1. The molecule has 2 unspecified atom stereocenters. The van der Waals surface area contributed by atoms with Crippen molar-refractivity contribution in [3.8, 4) is 0 Å². The molecule has 3 saturated heterocycles. The minimum atomic E-state index is -3.49. The Morgan fingerprint density at radius 1 is 1.13 bits per heavy atom. The molecule has 1 aromatic carbocycles. The monoisotopic (exact) mass is 468 g/mol. The predicted octanol–water partition coefficient (Wildman–Crippen LogP) is 2.15. The maximum atomic E-state index is 13.1. The summed E-state index contributed by atoms with van der Waals surface area (Å²) in [5, 5.41) is 0. The maximum absolute atomic E-state index is 13.1. The van der Waals surface area contributed by atoms with Crippen molar-refractivity contribution in [1.82, 2.24) is 9.21 Å². The summed E-state index contributed by atoms with van der Waals surface area (Å²) < 4.78 is 38.0. The maximum Gasteiger partial charge on any atom is 0.243 e. The molecule has 3 aliphatic rings. The van der Waals surface area contributed by atoms with E-state index in [1.807, 2.05) is 28.8 Å². The van der Waals surface area contributed by atoms with Crippen molar-refractivity contribution in [2.75, 3.05) is 51.0 Å². The summed E-state index contributed by atoms with van der Waals surface area (Å²) in [6, 6.07) is 7.28. The summed E-state index contributed by atoms with van der Waals surface area (Å²) in [6.07, 6.45) is 4.37. The van der Waals surface area contributed by atoms with Crippen LogP contribution >= 0.6 is 11.8 Å². The summed E-state index contributed by atoms with van der Waals surface area (Å²) in [6.45, 7) is 3.13. The third-order valence-corrected chi connectivity index (χ3v) is 9.31. The van der Waals surface area contributed by atoms with Crippen LogP contribution in [0.2, 0.25) is 0 Å². The molecule has 0 N–H and O–H groups in total. The molecule has 4 rings (SSSR count). The van der Waals surface area contributed by atoms with Crippen LogP contribution in [0, 0.1) is 0 Å². The molecule has 3 fully saturated rings. The molecular weight excluding hydrogens is 436 g/mol. The number of carbonyl (C=O) groups excluding carboxylic acids is 1. The fraction of sp³-hybridized carbons (Fsp3) is 0.682. The van der Waals surface area contributed by atoms with Gasteiger partial charge in [-0.2, -0.15) is 16.1 Å². The van der Waals surface area contributed by atoms with Crippen molar-refractivity contribution in [1.29, 1.82) is 0 Å². The smallest absolute Gasteiger partial charge is 0.243 e. The van der Waals surface area contributed by atoms with E-state index in [1.165, 1.54) is 4.31 Å². The lowest BCUT2D eigenvalue weighted by Gasteiger charge is -2.31. The molecular formula is C22H32N2O5S2. The Morgan fingerprint density at radius 2 is 1.90 bits per heavy atom. The highest BCUT2D eigenvalue weighted by atomic mass is 32.2. The molecule has 0 aromatic heterocycles. The third-order valence-electron chi connectivity index (χ3n) is 6.25. The van der Waals surface area contributed by atoms with E-state index in [0.717, 1.165) is 42.9 Å². The zero-order valence-electron chi connectivity index (χ0n) is 17.9. The van der Waals surface area contributed by atoms with Crippen molar-refractivity contribution in [3.05, 3.63) is 29.8 Å². The molecule has 0 radical (unpaired) electrons. The number of morpholine rings is 1. The molecule has 1 amide bonds. The standard InChI is InChI=1S/C22H32N2O5S2/c25-22(24(19-9-15-30-17-19)16-20-2-1-12-29-20)8-5-18-3-6-21(7-4-18)31(26,27)23-10-13-28-14-11-23/h3-4,6-7,19-20H,1-2,5,8-17H2. The zero-order valence-corrected chi connectivity index (χ0v) is 19.5. The molecule has 9 heteroatoms. The first kappa shape index (κ1) is 23.0. The molecule has 2 atom stereocenters. The Bertz CT molecular complexity index is 828. The number of aryl methyl sites for hydroxylation is 1. The number of hydrogen-bond donors (Lipinski definition) is 0. The molecule has 172 valence electrons. The van der Waals surface area contributed by atoms with E-state index < -0.39 is 10.0 Å². The minimum absolute atomic E-state index is 0.166. The van der Waals surface area contributed by atoms with E-state index in [4.69, 9.17) is 9.47 Å². The first-order valence-electron chi connectivity index (χ1n) is 11.2. The summed E-state index contributed by atoms with van der Waals surface area (Å²) in [5.41, 5.74) is 0.979. The van der Waals surface area contributed by atoms with Gasteiger partial charge in [-0.15, -0.1) is 0 Å². The fourth-order valence-corrected chi connectivity index (χ4v) is 7.02. The first-order chi connectivity index (χ1) is 15.0. The average molecular weight is 469 g/mol. The summed E-state index contributed by atoms with van der Waals surface area (Å²) in [4.78, 5) is 15.4. The van der Waals surface area contributed by atoms with Gasteiger partial charge in [-0.3, -0.25) is 4.79 Å². The number of benzene rings is 1. The van der Waals surface area contributed by atoms with E-state index >= 15 is 0 Å². The van der Waals surface area contributed by atoms with Crippen LogP contribution in [0.4, 0.5) is 0 Å². The topological polar surface area (TPSA) is 76.2 Å². The van der Waals surface area contributed by atoms with Gasteiger partial charge >= 0.3 is 0 Å². The van der Waals surface area contributed by atoms with Crippen molar-refractivity contribution in [2.24, 2.45) is 0 Å². The van der Waals surface area contributed by atoms with E-state index in [-0.39, 0.29) is 12.0 Å². The van der Waals surface area contributed by atoms with E-state index in [1.54, 1.807) is 12.1 Å². The van der Waals surface area contributed by atoms with Gasteiger partial charge in [0.25, 0.3) is 0 Å². The Hall–Kier alpha value is -1.13. The number of rotatable bonds is 8. The summed E-state index contributed by atoms with van der Waals surface area (Å²) in [7, 11) is -3.49. The highest BCUT2D eigenvalue weighted by Crippen LogP contribution is 2.25. The van der Waals surface area contributed by atoms with Crippen molar-refractivity contribution >= 4 is 27.7 Å². The largest absolute Gasteiger partial charge is 0.379 e. The number of carbonyl (C=O) groups is 1. The van der Waals surface area contributed by atoms with Gasteiger partial charge in [0.15, 0.2) is 0 Å². The lowest BCUT2D eigenvalue weighted by atomic mass is 10.1. The van der Waals surface area contributed by atoms with Gasteiger partial charge in [-0.05, 0) is 49.1 Å². The van der Waals surface area contributed by atoms with Crippen LogP contribution < -0.4 is 0 Å². The molecule has 31 heavy (non-hydrogen) atoms. The molecule has 3 aliphatic heterocycles. The Balaban J connectivity index is 1.35. The van der Waals surface area contributed by atoms with Gasteiger partial charge in [0.05, 0.1) is 24.2 Å². The number of ether oxygens (including phenoxy) is 2. The van der Waals surface area contributed by atoms with Crippen LogP contribution in [-0.4, -0.2) is 86.6 Å². The minimum Gasteiger partial charge on any atom is -0.379 e. The van der Waals surface area contributed by atoms with Gasteiger partial charge in [-0.1, -0.05) is 12.1 Å². The number of sulfonamides is 1. The second-order valence-corrected chi connectivity index (χ2v) is 11.4. The van der Waals surface area contributed by atoms with Gasteiger partial charge in [0, 0.05) is 44.5 Å². The number of hydrogen-bond acceptors (Lipinski definition) is 6. The Labute approximate surface area is 189 Å². The number of nitrogens with zero attached hydrogens (tertiary/aromatic N) is 2. The molecule has 3 heterocycles. The van der Waals surface area contributed by atoms with Crippen LogP contribution in [0.5, 0.6) is 0 Å². The quantitative estimate of drug-likeness (QED) is 0.582. The highest BCUT2D eigenvalue weighted by Gasteiger charge is 2.30. The third kappa shape index (κ3) is 5.82. The highest BCUT2D eigenvalue weighted by molar-refractivity contribution is 7.99. The van der Waals surface area contributed by atoms with Crippen LogP contribution in [-0.2, 0) is 30.7 Å². The van der Waals surface area contributed by atoms with Crippen LogP contribution in [0.25, 0.3) is 0 Å². The average Bonchev–Trinajstić information content (AvgIpc) is 3.51. The van der Waals surface area contributed by atoms with Crippen molar-refractivity contribution in [2.45, 2.75) is 49.1 Å². The fourth-order valence-electron chi connectivity index (χ4n) is 4.39. The molecule has 0 spiro atoms. The summed E-state index contributed by atoms with van der Waals surface area (Å²) >= 11 is 1.91. The Morgan fingerprint density at radius 3 is 2.55 bits per heavy atom. The summed E-state index contributed by atoms with van der Waals surface area (Å²) in [5.74, 6) is 2.29. The number of amides is 1. The zero-order chi connectivity index (χ0) is 21.7. The van der Waals surface area contributed by atoms with Crippen molar-refractivity contribution < 1.29 is 22.7 Å². The molecule has 0 aliphatic carbocycles. The van der Waals surface area contributed by atoms with Crippen LogP contribution in [0.3, 0.4) is 0 Å². The lowest BCUT2D eigenvalue weighted by Crippen LogP contribution is -2.44. The van der Waals surface area contributed by atoms with E-state index in [9.17, 15) is 13.2 Å². The van der Waals surface area contributed by atoms with Crippen molar-refractivity contribution in [3.63, 3.8) is 0 Å². The van der Waals surface area contributed by atoms with Gasteiger partial charge < -0.3 is 14.4 Å². The molecule has 7 nitrogen and oxygen atoms in total. The van der Waals surface area contributed by atoms with E-state index in [2.05, 4.69) is 0 Å². The predicted molar refractivity (Wildman–Crippen MR) is 121 cm³/mol. The second-order valence-electron chi connectivity index (χ2n) is 8.36. The number of thioether (sulfide) groups is 1. The van der Waals surface area contributed by atoms with Gasteiger partial charge in [0.2, 0.25) is 15.9 Å². The lowest BCUT2D eigenvalue weighted by molar-refractivity contribution is -0.134. The normalized spacial score (nSPS) is 25.0. The molecule has 0 saturated carbocycles. The first-order valence-corrected chi connectivity index (χ1v) is 13.8.